The fraction of sp³-hybridized carbons (Fsp3) is 0.478. The highest BCUT2D eigenvalue weighted by Gasteiger charge is 2.22. The van der Waals surface area contributed by atoms with Gasteiger partial charge in [0.25, 0.3) is 0 Å². The summed E-state index contributed by atoms with van der Waals surface area (Å²) in [6.45, 7) is 16.5. The number of nitriles is 1. The summed E-state index contributed by atoms with van der Waals surface area (Å²) >= 11 is 0. The Balaban J connectivity index is 2.86. The molecule has 0 fully saturated rings. The van der Waals surface area contributed by atoms with E-state index in [1.165, 1.54) is 11.3 Å². The van der Waals surface area contributed by atoms with Gasteiger partial charge in [-0.3, -0.25) is 0 Å². The lowest BCUT2D eigenvalue weighted by molar-refractivity contribution is 0.414. The maximum absolute atomic E-state index is 9.73. The molecule has 0 spiro atoms. The lowest BCUT2D eigenvalue weighted by Gasteiger charge is -2.31. The van der Waals surface area contributed by atoms with Gasteiger partial charge in [0.2, 0.25) is 0 Å². The van der Waals surface area contributed by atoms with E-state index in [1.54, 1.807) is 13.2 Å². The van der Waals surface area contributed by atoms with E-state index in [2.05, 4.69) is 57.4 Å². The average Bonchev–Trinajstić information content (AvgIpc) is 2.73. The third-order valence-electron chi connectivity index (χ3n) is 5.36. The van der Waals surface area contributed by atoms with Crippen molar-refractivity contribution in [3.8, 4) is 23.1 Å². The van der Waals surface area contributed by atoms with E-state index in [-0.39, 0.29) is 0 Å². The van der Waals surface area contributed by atoms with Crippen LogP contribution in [0, 0.1) is 25.2 Å². The van der Waals surface area contributed by atoms with Crippen molar-refractivity contribution in [3.63, 3.8) is 0 Å². The molecular formula is C23H32N4O. The number of methoxy groups -OCH3 is 1. The predicted molar refractivity (Wildman–Crippen MR) is 118 cm³/mol. The van der Waals surface area contributed by atoms with Gasteiger partial charge in [-0.15, -0.1) is 0 Å². The topological polar surface area (TPSA) is 52.4 Å². The summed E-state index contributed by atoms with van der Waals surface area (Å²) in [4.78, 5) is 9.72. The Labute approximate surface area is 169 Å². The Morgan fingerprint density at radius 2 is 1.57 bits per heavy atom. The van der Waals surface area contributed by atoms with Gasteiger partial charge in [-0.05, 0) is 65.3 Å². The second-order valence-corrected chi connectivity index (χ2v) is 6.75. The van der Waals surface area contributed by atoms with Crippen molar-refractivity contribution >= 4 is 11.5 Å². The summed E-state index contributed by atoms with van der Waals surface area (Å²) in [6.07, 6.45) is 0. The van der Waals surface area contributed by atoms with Crippen molar-refractivity contribution in [1.29, 1.82) is 5.26 Å². The first-order valence-electron chi connectivity index (χ1n) is 10.1. The fourth-order valence-corrected chi connectivity index (χ4v) is 3.83. The number of ether oxygens (including phenoxy) is 1. The van der Waals surface area contributed by atoms with Crippen LogP contribution in [0.4, 0.5) is 11.5 Å². The number of hydrogen-bond acceptors (Lipinski definition) is 5. The number of nitrogens with zero attached hydrogens (tertiary/aromatic N) is 4. The Bertz CT molecular complexity index is 862. The molecule has 0 aliphatic carbocycles. The van der Waals surface area contributed by atoms with Crippen molar-refractivity contribution in [2.45, 2.75) is 41.5 Å². The molecule has 2 rings (SSSR count). The SMILES string of the molecule is CCN(CC)c1nc(-c2ccc(OC)cc2C#N)c(C)c(N(CC)CC)c1C. The van der Waals surface area contributed by atoms with E-state index >= 15 is 0 Å². The van der Waals surface area contributed by atoms with Crippen LogP contribution >= 0.6 is 0 Å². The van der Waals surface area contributed by atoms with E-state index < -0.39 is 0 Å². The molecular weight excluding hydrogens is 348 g/mol. The molecule has 0 saturated carbocycles. The number of hydrogen-bond donors (Lipinski definition) is 0. The highest BCUT2D eigenvalue weighted by molar-refractivity contribution is 5.80. The van der Waals surface area contributed by atoms with Crippen LogP contribution < -0.4 is 14.5 Å². The molecule has 0 N–H and O–H groups in total. The Morgan fingerprint density at radius 3 is 2.07 bits per heavy atom. The van der Waals surface area contributed by atoms with E-state index in [0.29, 0.717) is 11.3 Å². The van der Waals surface area contributed by atoms with Crippen LogP contribution in [0.5, 0.6) is 5.75 Å². The van der Waals surface area contributed by atoms with Crippen molar-refractivity contribution in [3.05, 3.63) is 34.9 Å². The smallest absolute Gasteiger partial charge is 0.134 e. The molecule has 2 aromatic rings. The summed E-state index contributed by atoms with van der Waals surface area (Å²) in [5.74, 6) is 1.67. The molecule has 0 amide bonds. The maximum atomic E-state index is 9.73. The molecule has 5 nitrogen and oxygen atoms in total. The Hall–Kier alpha value is -2.74. The van der Waals surface area contributed by atoms with Gasteiger partial charge in [0, 0.05) is 43.0 Å². The van der Waals surface area contributed by atoms with E-state index in [1.807, 2.05) is 12.1 Å². The molecule has 150 valence electrons. The lowest BCUT2D eigenvalue weighted by atomic mass is 9.97. The van der Waals surface area contributed by atoms with Gasteiger partial charge >= 0.3 is 0 Å². The minimum atomic E-state index is 0.579. The summed E-state index contributed by atoms with van der Waals surface area (Å²) in [5, 5.41) is 9.73. The highest BCUT2D eigenvalue weighted by atomic mass is 16.5. The minimum Gasteiger partial charge on any atom is -0.497 e. The summed E-state index contributed by atoms with van der Waals surface area (Å²) in [7, 11) is 1.61. The van der Waals surface area contributed by atoms with Gasteiger partial charge in [0.1, 0.15) is 11.6 Å². The van der Waals surface area contributed by atoms with Crippen LogP contribution in [0.2, 0.25) is 0 Å². The summed E-state index contributed by atoms with van der Waals surface area (Å²) < 4.78 is 5.30. The van der Waals surface area contributed by atoms with E-state index in [4.69, 9.17) is 9.72 Å². The zero-order chi connectivity index (χ0) is 20.8. The number of anilines is 2. The average molecular weight is 381 g/mol. The molecule has 28 heavy (non-hydrogen) atoms. The molecule has 1 aromatic carbocycles. The molecule has 5 heteroatoms. The van der Waals surface area contributed by atoms with Gasteiger partial charge in [-0.1, -0.05) is 0 Å². The molecule has 0 radical (unpaired) electrons. The van der Waals surface area contributed by atoms with E-state index in [9.17, 15) is 5.26 Å². The van der Waals surface area contributed by atoms with Crippen LogP contribution in [0.15, 0.2) is 18.2 Å². The Kier molecular flexibility index (Phi) is 7.28. The van der Waals surface area contributed by atoms with Crippen LogP contribution in [0.3, 0.4) is 0 Å². The minimum absolute atomic E-state index is 0.579. The highest BCUT2D eigenvalue weighted by Crippen LogP contribution is 2.38. The second kappa shape index (κ2) is 9.45. The van der Waals surface area contributed by atoms with Crippen LogP contribution in [0.25, 0.3) is 11.3 Å². The molecule has 0 atom stereocenters. The van der Waals surface area contributed by atoms with Crippen molar-refractivity contribution in [2.24, 2.45) is 0 Å². The lowest BCUT2D eigenvalue weighted by Crippen LogP contribution is -2.28. The van der Waals surface area contributed by atoms with Gasteiger partial charge in [0.15, 0.2) is 0 Å². The second-order valence-electron chi connectivity index (χ2n) is 6.75. The number of benzene rings is 1. The molecule has 1 heterocycles. The molecule has 0 aliphatic heterocycles. The Morgan fingerprint density at radius 1 is 0.964 bits per heavy atom. The number of pyridine rings is 1. The van der Waals surface area contributed by atoms with E-state index in [0.717, 1.165) is 48.8 Å². The molecule has 0 unspecified atom stereocenters. The zero-order valence-corrected chi connectivity index (χ0v) is 18.3. The summed E-state index contributed by atoms with van der Waals surface area (Å²) in [5.41, 5.74) is 5.82. The first-order chi connectivity index (χ1) is 13.5. The molecule has 1 aromatic heterocycles. The normalized spacial score (nSPS) is 10.5. The van der Waals surface area contributed by atoms with Crippen molar-refractivity contribution in [2.75, 3.05) is 43.1 Å². The van der Waals surface area contributed by atoms with Crippen LogP contribution in [-0.4, -0.2) is 38.3 Å². The third-order valence-corrected chi connectivity index (χ3v) is 5.36. The van der Waals surface area contributed by atoms with Crippen LogP contribution in [0.1, 0.15) is 44.4 Å². The van der Waals surface area contributed by atoms with Crippen molar-refractivity contribution < 1.29 is 4.74 Å². The standard InChI is InChI=1S/C23H32N4O/c1-8-26(9-2)22-16(5)21(25-23(17(22)6)27(10-3)11-4)20-13-12-19(28-7)14-18(20)15-24/h12-14H,8-11H2,1-7H3. The van der Waals surface area contributed by atoms with Gasteiger partial charge in [-0.2, -0.15) is 5.26 Å². The number of aromatic nitrogens is 1. The summed E-state index contributed by atoms with van der Waals surface area (Å²) in [6, 6.07) is 7.94. The fourth-order valence-electron chi connectivity index (χ4n) is 3.83. The van der Waals surface area contributed by atoms with Gasteiger partial charge in [-0.25, -0.2) is 4.98 Å². The first-order valence-corrected chi connectivity index (χ1v) is 10.1. The first kappa shape index (κ1) is 21.6. The van der Waals surface area contributed by atoms with Gasteiger partial charge in [0.05, 0.1) is 24.4 Å². The molecule has 0 aliphatic rings. The number of rotatable bonds is 8. The zero-order valence-electron chi connectivity index (χ0n) is 18.3. The predicted octanol–water partition coefficient (Wildman–Crippen LogP) is 4.94. The van der Waals surface area contributed by atoms with Crippen molar-refractivity contribution in [1.82, 2.24) is 4.98 Å². The largest absolute Gasteiger partial charge is 0.497 e. The maximum Gasteiger partial charge on any atom is 0.134 e. The van der Waals surface area contributed by atoms with Gasteiger partial charge < -0.3 is 14.5 Å². The third kappa shape index (κ3) is 3.91. The monoisotopic (exact) mass is 380 g/mol. The van der Waals surface area contributed by atoms with Crippen LogP contribution in [-0.2, 0) is 0 Å². The quantitative estimate of drug-likeness (QED) is 0.649. The molecule has 0 bridgehead atoms. The molecule has 0 saturated heterocycles.